The first-order valence-corrected chi connectivity index (χ1v) is 9.59. The summed E-state index contributed by atoms with van der Waals surface area (Å²) in [5.74, 6) is 1.20. The van der Waals surface area contributed by atoms with Gasteiger partial charge in [0.2, 0.25) is 11.6 Å². The van der Waals surface area contributed by atoms with Crippen LogP contribution < -0.4 is 0 Å². The maximum Gasteiger partial charge on any atom is 0.336 e. The van der Waals surface area contributed by atoms with E-state index in [2.05, 4.69) is 21.9 Å². The minimum atomic E-state index is -3.11. The van der Waals surface area contributed by atoms with Crippen LogP contribution in [0, 0.1) is 11.8 Å². The molecule has 2 aromatic carbocycles. The quantitative estimate of drug-likeness (QED) is 0.585. The van der Waals surface area contributed by atoms with Gasteiger partial charge in [-0.1, -0.05) is 62.2 Å². The first-order chi connectivity index (χ1) is 14.4. The largest absolute Gasteiger partial charge is 0.478 e. The van der Waals surface area contributed by atoms with Crippen LogP contribution in [-0.4, -0.2) is 25.8 Å². The summed E-state index contributed by atoms with van der Waals surface area (Å²) in [5.41, 5.74) is 2.38. The van der Waals surface area contributed by atoms with Gasteiger partial charge in [-0.15, -0.1) is 5.10 Å². The number of alkyl halides is 2. The molecule has 0 aliphatic rings. The lowest BCUT2D eigenvalue weighted by Gasteiger charge is -2.09. The van der Waals surface area contributed by atoms with E-state index >= 15 is 0 Å². The number of nitrogens with zero attached hydrogens (tertiary/aromatic N) is 3. The molecule has 0 radical (unpaired) electrons. The molecule has 1 N–H and O–H groups in total. The molecule has 0 fully saturated rings. The molecule has 0 aliphatic heterocycles. The van der Waals surface area contributed by atoms with Gasteiger partial charge < -0.3 is 5.11 Å². The molecule has 1 aromatic heterocycles. The topological polar surface area (TPSA) is 68.0 Å². The summed E-state index contributed by atoms with van der Waals surface area (Å²) in [5, 5.41) is 13.4. The van der Waals surface area contributed by atoms with Gasteiger partial charge in [0.1, 0.15) is 0 Å². The predicted octanol–water partition coefficient (Wildman–Crippen LogP) is 4.95. The average molecular weight is 409 g/mol. The highest BCUT2D eigenvalue weighted by atomic mass is 19.3. The zero-order valence-corrected chi connectivity index (χ0v) is 16.7. The zero-order chi connectivity index (χ0) is 21.7. The van der Waals surface area contributed by atoms with Gasteiger partial charge in [0.25, 0.3) is 0 Å². The molecule has 0 aliphatic carbocycles. The minimum Gasteiger partial charge on any atom is -0.478 e. The molecular weight excluding hydrogens is 388 g/mol. The summed E-state index contributed by atoms with van der Waals surface area (Å²) in [6.07, 6.45) is 0.180. The van der Waals surface area contributed by atoms with Crippen molar-refractivity contribution in [2.45, 2.75) is 39.2 Å². The third-order valence-electron chi connectivity index (χ3n) is 4.57. The Labute approximate surface area is 173 Å². The van der Waals surface area contributed by atoms with Crippen molar-refractivity contribution in [1.82, 2.24) is 14.8 Å². The van der Waals surface area contributed by atoms with Crippen molar-refractivity contribution >= 4 is 5.97 Å². The smallest absolute Gasteiger partial charge is 0.336 e. The van der Waals surface area contributed by atoms with E-state index < -0.39 is 24.1 Å². The van der Waals surface area contributed by atoms with E-state index in [1.165, 1.54) is 11.6 Å². The van der Waals surface area contributed by atoms with E-state index in [9.17, 15) is 18.7 Å². The van der Waals surface area contributed by atoms with E-state index in [1.54, 1.807) is 36.4 Å². The van der Waals surface area contributed by atoms with Gasteiger partial charge in [-0.3, -0.25) is 0 Å². The molecule has 3 aromatic rings. The number of aromatic nitrogens is 3. The fourth-order valence-electron chi connectivity index (χ4n) is 2.91. The first-order valence-electron chi connectivity index (χ1n) is 9.59. The predicted molar refractivity (Wildman–Crippen MR) is 109 cm³/mol. The molecule has 0 amide bonds. The molecule has 3 rings (SSSR count). The van der Waals surface area contributed by atoms with Crippen LogP contribution >= 0.6 is 0 Å². The van der Waals surface area contributed by atoms with E-state index in [-0.39, 0.29) is 17.9 Å². The van der Waals surface area contributed by atoms with Crippen LogP contribution in [0.15, 0.2) is 48.5 Å². The van der Waals surface area contributed by atoms with E-state index in [0.717, 1.165) is 11.1 Å². The Morgan fingerprint density at radius 3 is 2.47 bits per heavy atom. The second-order valence-corrected chi connectivity index (χ2v) is 6.68. The Morgan fingerprint density at radius 2 is 1.83 bits per heavy atom. The van der Waals surface area contributed by atoms with Crippen molar-refractivity contribution in [3.63, 3.8) is 0 Å². The van der Waals surface area contributed by atoms with Crippen molar-refractivity contribution in [2.75, 3.05) is 0 Å². The Bertz CT molecular complexity index is 1110. The van der Waals surface area contributed by atoms with Crippen LogP contribution in [0.1, 0.15) is 54.3 Å². The van der Waals surface area contributed by atoms with Crippen LogP contribution in [0.5, 0.6) is 0 Å². The second kappa shape index (κ2) is 8.87. The molecule has 0 saturated carbocycles. The molecule has 0 saturated heterocycles. The number of carboxylic acid groups (broad SMARTS) is 1. The summed E-state index contributed by atoms with van der Waals surface area (Å²) in [4.78, 5) is 15.4. The molecule has 0 bridgehead atoms. The van der Waals surface area contributed by atoms with E-state index in [1.807, 2.05) is 19.1 Å². The summed E-state index contributed by atoms with van der Waals surface area (Å²) in [6, 6.07) is 14.0. The fourth-order valence-corrected chi connectivity index (χ4v) is 2.91. The SMILES string of the molecule is CCC#Cc1nc(C(F)(F)CC)nn1Cc1ccc(-c2ccccc2C(=O)O)cc1. The van der Waals surface area contributed by atoms with Gasteiger partial charge in [0, 0.05) is 12.8 Å². The summed E-state index contributed by atoms with van der Waals surface area (Å²) in [6.45, 7) is 3.47. The minimum absolute atomic E-state index is 0.195. The number of hydrogen-bond donors (Lipinski definition) is 1. The number of carbonyl (C=O) groups is 1. The molecule has 0 unspecified atom stereocenters. The fraction of sp³-hybridized carbons (Fsp3) is 0.261. The molecule has 154 valence electrons. The molecule has 30 heavy (non-hydrogen) atoms. The Hall–Kier alpha value is -3.53. The highest BCUT2D eigenvalue weighted by Gasteiger charge is 2.35. The van der Waals surface area contributed by atoms with Crippen molar-refractivity contribution in [3.05, 3.63) is 71.3 Å². The highest BCUT2D eigenvalue weighted by Crippen LogP contribution is 2.29. The van der Waals surface area contributed by atoms with Gasteiger partial charge in [0.15, 0.2) is 0 Å². The number of halogens is 2. The number of hydrogen-bond acceptors (Lipinski definition) is 3. The maximum absolute atomic E-state index is 14.0. The monoisotopic (exact) mass is 409 g/mol. The number of carboxylic acids is 1. The molecule has 0 atom stereocenters. The van der Waals surface area contributed by atoms with E-state index in [0.29, 0.717) is 12.0 Å². The summed E-state index contributed by atoms with van der Waals surface area (Å²) >= 11 is 0. The van der Waals surface area contributed by atoms with Crippen LogP contribution in [0.3, 0.4) is 0 Å². The van der Waals surface area contributed by atoms with Crippen molar-refractivity contribution in [3.8, 4) is 23.0 Å². The standard InChI is InChI=1S/C23H21F2N3O2/c1-3-5-10-20-26-22(23(24,25)4-2)27-28(20)15-16-11-13-17(14-12-16)18-8-6-7-9-19(18)21(29)30/h6-9,11-14H,3-4,15H2,1-2H3,(H,29,30). The lowest BCUT2D eigenvalue weighted by atomic mass is 9.99. The number of rotatable bonds is 6. The third kappa shape index (κ3) is 4.54. The summed E-state index contributed by atoms with van der Waals surface area (Å²) < 4.78 is 29.5. The van der Waals surface area contributed by atoms with Crippen LogP contribution in [0.25, 0.3) is 11.1 Å². The van der Waals surface area contributed by atoms with Gasteiger partial charge in [-0.25, -0.2) is 9.48 Å². The molecule has 1 heterocycles. The van der Waals surface area contributed by atoms with Gasteiger partial charge in [0.05, 0.1) is 12.1 Å². The third-order valence-corrected chi connectivity index (χ3v) is 4.57. The molecular formula is C23H21F2N3O2. The average Bonchev–Trinajstić information content (AvgIpc) is 3.16. The second-order valence-electron chi connectivity index (χ2n) is 6.68. The van der Waals surface area contributed by atoms with Gasteiger partial charge in [-0.2, -0.15) is 13.8 Å². The van der Waals surface area contributed by atoms with Crippen molar-refractivity contribution < 1.29 is 18.7 Å². The van der Waals surface area contributed by atoms with Crippen LogP contribution in [-0.2, 0) is 12.5 Å². The van der Waals surface area contributed by atoms with Crippen LogP contribution in [0.4, 0.5) is 8.78 Å². The lowest BCUT2D eigenvalue weighted by Crippen LogP contribution is -2.14. The first kappa shape index (κ1) is 21.2. The Morgan fingerprint density at radius 1 is 1.13 bits per heavy atom. The Kier molecular flexibility index (Phi) is 6.26. The normalized spacial score (nSPS) is 11.1. The van der Waals surface area contributed by atoms with E-state index in [4.69, 9.17) is 0 Å². The lowest BCUT2D eigenvalue weighted by molar-refractivity contribution is -0.0176. The maximum atomic E-state index is 14.0. The van der Waals surface area contributed by atoms with Crippen molar-refractivity contribution in [1.29, 1.82) is 0 Å². The van der Waals surface area contributed by atoms with Crippen molar-refractivity contribution in [2.24, 2.45) is 0 Å². The highest BCUT2D eigenvalue weighted by molar-refractivity contribution is 5.95. The van der Waals surface area contributed by atoms with Gasteiger partial charge in [-0.05, 0) is 28.7 Å². The molecule has 5 nitrogen and oxygen atoms in total. The molecule has 7 heteroatoms. The Balaban J connectivity index is 1.91. The zero-order valence-electron chi connectivity index (χ0n) is 16.7. The number of aromatic carboxylic acids is 1. The number of benzene rings is 2. The van der Waals surface area contributed by atoms with Crippen LogP contribution in [0.2, 0.25) is 0 Å². The molecule has 0 spiro atoms. The summed E-state index contributed by atoms with van der Waals surface area (Å²) in [7, 11) is 0. The van der Waals surface area contributed by atoms with Gasteiger partial charge >= 0.3 is 11.9 Å².